The van der Waals surface area contributed by atoms with Gasteiger partial charge in [0.15, 0.2) is 0 Å². The van der Waals surface area contributed by atoms with E-state index in [9.17, 15) is 9.18 Å². The molecule has 1 unspecified atom stereocenters. The second-order valence-electron chi connectivity index (χ2n) is 6.35. The predicted octanol–water partition coefficient (Wildman–Crippen LogP) is 4.44. The van der Waals surface area contributed by atoms with Crippen LogP contribution >= 0.6 is 11.6 Å². The van der Waals surface area contributed by atoms with Crippen molar-refractivity contribution < 1.29 is 9.18 Å². The fourth-order valence-electron chi connectivity index (χ4n) is 3.30. The number of nitrogens with one attached hydrogen (secondary N) is 1. The highest BCUT2D eigenvalue weighted by Crippen LogP contribution is 2.29. The molecule has 3 nitrogen and oxygen atoms in total. The summed E-state index contributed by atoms with van der Waals surface area (Å²) >= 11 is 6.41. The minimum Gasteiger partial charge on any atom is -0.350 e. The molecule has 1 amide bonds. The van der Waals surface area contributed by atoms with Crippen LogP contribution in [0.25, 0.3) is 0 Å². The number of likely N-dealkylation sites (tertiary alicyclic amines) is 1. The Kier molecular flexibility index (Phi) is 6.05. The van der Waals surface area contributed by atoms with Gasteiger partial charge in [-0.15, -0.1) is 0 Å². The topological polar surface area (TPSA) is 32.3 Å². The third-order valence-corrected chi connectivity index (χ3v) is 5.00. The van der Waals surface area contributed by atoms with Crippen LogP contribution in [0.15, 0.2) is 48.5 Å². The summed E-state index contributed by atoms with van der Waals surface area (Å²) in [6, 6.07) is 13.4. The predicted molar refractivity (Wildman–Crippen MR) is 98.4 cm³/mol. The van der Waals surface area contributed by atoms with E-state index in [4.69, 9.17) is 11.6 Å². The number of piperidine rings is 1. The third kappa shape index (κ3) is 4.59. The van der Waals surface area contributed by atoms with Crippen LogP contribution in [0.1, 0.15) is 41.2 Å². The molecule has 2 aromatic carbocycles. The molecule has 1 heterocycles. The molecule has 5 heteroatoms. The first-order valence-corrected chi connectivity index (χ1v) is 9.05. The number of hydrogen-bond donors (Lipinski definition) is 1. The van der Waals surface area contributed by atoms with Gasteiger partial charge in [0.25, 0.3) is 5.91 Å². The van der Waals surface area contributed by atoms with Gasteiger partial charge in [0.05, 0.1) is 6.04 Å². The summed E-state index contributed by atoms with van der Waals surface area (Å²) in [5, 5.41) is 3.70. The fraction of sp³-hybridized carbons (Fsp3) is 0.350. The van der Waals surface area contributed by atoms with Crippen molar-refractivity contribution in [1.29, 1.82) is 0 Å². The van der Waals surface area contributed by atoms with Crippen LogP contribution in [-0.2, 0) is 0 Å². The number of halogens is 2. The van der Waals surface area contributed by atoms with E-state index < -0.39 is 0 Å². The normalized spacial score (nSPS) is 16.4. The lowest BCUT2D eigenvalue weighted by molar-refractivity contribution is 0.0924. The van der Waals surface area contributed by atoms with E-state index in [-0.39, 0.29) is 17.8 Å². The summed E-state index contributed by atoms with van der Waals surface area (Å²) in [6.45, 7) is 2.48. The molecule has 1 fully saturated rings. The van der Waals surface area contributed by atoms with Crippen LogP contribution in [0.5, 0.6) is 0 Å². The minimum atomic E-state index is -0.348. The lowest BCUT2D eigenvalue weighted by Crippen LogP contribution is -2.40. The maximum Gasteiger partial charge on any atom is 0.251 e. The van der Waals surface area contributed by atoms with Crippen molar-refractivity contribution in [3.05, 3.63) is 70.5 Å². The molecule has 132 valence electrons. The van der Waals surface area contributed by atoms with Gasteiger partial charge in [-0.3, -0.25) is 9.69 Å². The van der Waals surface area contributed by atoms with Gasteiger partial charge < -0.3 is 5.32 Å². The minimum absolute atomic E-state index is 0.0402. The Bertz CT molecular complexity index is 714. The smallest absolute Gasteiger partial charge is 0.251 e. The number of hydrogen-bond acceptors (Lipinski definition) is 2. The molecule has 3 rings (SSSR count). The van der Waals surface area contributed by atoms with Crippen LogP contribution in [0.3, 0.4) is 0 Å². The largest absolute Gasteiger partial charge is 0.350 e. The summed E-state index contributed by atoms with van der Waals surface area (Å²) < 4.78 is 13.0. The lowest BCUT2D eigenvalue weighted by atomic mass is 10.0. The number of carbonyl (C=O) groups is 1. The summed E-state index contributed by atoms with van der Waals surface area (Å²) in [5.41, 5.74) is 1.49. The summed E-state index contributed by atoms with van der Waals surface area (Å²) in [5.74, 6) is -0.548. The summed E-state index contributed by atoms with van der Waals surface area (Å²) in [4.78, 5) is 14.8. The molecule has 0 aromatic heterocycles. The number of rotatable bonds is 5. The Morgan fingerprint density at radius 1 is 1.08 bits per heavy atom. The van der Waals surface area contributed by atoms with E-state index in [1.54, 1.807) is 0 Å². The molecule has 2 aromatic rings. The number of nitrogens with zero attached hydrogens (tertiary/aromatic N) is 1. The van der Waals surface area contributed by atoms with E-state index in [1.807, 2.05) is 24.3 Å². The van der Waals surface area contributed by atoms with Crippen LogP contribution in [0.2, 0.25) is 5.02 Å². The Morgan fingerprint density at radius 3 is 2.44 bits per heavy atom. The van der Waals surface area contributed by atoms with E-state index in [0.717, 1.165) is 31.5 Å². The molecule has 0 aliphatic carbocycles. The Balaban J connectivity index is 1.74. The first-order valence-electron chi connectivity index (χ1n) is 8.67. The van der Waals surface area contributed by atoms with Gasteiger partial charge in [-0.1, -0.05) is 36.2 Å². The van der Waals surface area contributed by atoms with Gasteiger partial charge >= 0.3 is 0 Å². The van der Waals surface area contributed by atoms with Crippen molar-refractivity contribution in [2.24, 2.45) is 0 Å². The molecular formula is C20H22ClFN2O. The van der Waals surface area contributed by atoms with Crippen molar-refractivity contribution in [2.75, 3.05) is 19.6 Å². The number of amides is 1. The first kappa shape index (κ1) is 17.9. The van der Waals surface area contributed by atoms with Crippen molar-refractivity contribution in [2.45, 2.75) is 25.3 Å². The van der Waals surface area contributed by atoms with E-state index >= 15 is 0 Å². The maximum atomic E-state index is 13.0. The highest BCUT2D eigenvalue weighted by molar-refractivity contribution is 6.31. The Hall–Kier alpha value is -1.91. The fourth-order valence-corrected chi connectivity index (χ4v) is 3.57. The van der Waals surface area contributed by atoms with Crippen LogP contribution < -0.4 is 5.32 Å². The van der Waals surface area contributed by atoms with Crippen LogP contribution in [-0.4, -0.2) is 30.4 Å². The zero-order chi connectivity index (χ0) is 17.6. The van der Waals surface area contributed by atoms with Gasteiger partial charge in [0, 0.05) is 17.1 Å². The molecule has 25 heavy (non-hydrogen) atoms. The quantitative estimate of drug-likeness (QED) is 0.855. The van der Waals surface area contributed by atoms with Crippen LogP contribution in [0, 0.1) is 5.82 Å². The second kappa shape index (κ2) is 8.45. The molecule has 0 bridgehead atoms. The SMILES string of the molecule is O=C(NCC(c1ccccc1Cl)N1CCCCC1)c1ccc(F)cc1. The van der Waals surface area contributed by atoms with Crippen molar-refractivity contribution >= 4 is 17.5 Å². The highest BCUT2D eigenvalue weighted by atomic mass is 35.5. The van der Waals surface area contributed by atoms with Crippen molar-refractivity contribution in [1.82, 2.24) is 10.2 Å². The molecule has 0 radical (unpaired) electrons. The van der Waals surface area contributed by atoms with Crippen molar-refractivity contribution in [3.8, 4) is 0 Å². The zero-order valence-electron chi connectivity index (χ0n) is 14.1. The number of benzene rings is 2. The van der Waals surface area contributed by atoms with E-state index in [2.05, 4.69) is 10.2 Å². The number of carbonyl (C=O) groups excluding carboxylic acids is 1. The van der Waals surface area contributed by atoms with Gasteiger partial charge in [-0.2, -0.15) is 0 Å². The Labute approximate surface area is 152 Å². The Morgan fingerprint density at radius 2 is 1.76 bits per heavy atom. The van der Waals surface area contributed by atoms with Gasteiger partial charge in [0.2, 0.25) is 0 Å². The molecule has 1 saturated heterocycles. The molecule has 0 saturated carbocycles. The summed E-state index contributed by atoms with van der Waals surface area (Å²) in [7, 11) is 0. The molecule has 1 atom stereocenters. The maximum absolute atomic E-state index is 13.0. The van der Waals surface area contributed by atoms with E-state index in [0.29, 0.717) is 17.1 Å². The lowest BCUT2D eigenvalue weighted by Gasteiger charge is -2.35. The molecule has 1 aliphatic heterocycles. The first-order chi connectivity index (χ1) is 12.1. The zero-order valence-corrected chi connectivity index (χ0v) is 14.8. The standard InChI is InChI=1S/C20H22ClFN2O/c21-18-7-3-2-6-17(18)19(24-12-4-1-5-13-24)14-23-20(25)15-8-10-16(22)11-9-15/h2-3,6-11,19H,1,4-5,12-14H2,(H,23,25). The summed E-state index contributed by atoms with van der Waals surface area (Å²) in [6.07, 6.45) is 3.56. The third-order valence-electron chi connectivity index (χ3n) is 4.66. The van der Waals surface area contributed by atoms with E-state index in [1.165, 1.54) is 30.7 Å². The van der Waals surface area contributed by atoms with Crippen molar-refractivity contribution in [3.63, 3.8) is 0 Å². The van der Waals surface area contributed by atoms with Crippen LogP contribution in [0.4, 0.5) is 4.39 Å². The second-order valence-corrected chi connectivity index (χ2v) is 6.76. The molecular weight excluding hydrogens is 339 g/mol. The monoisotopic (exact) mass is 360 g/mol. The average Bonchev–Trinajstić information content (AvgIpc) is 2.64. The molecule has 1 aliphatic rings. The van der Waals surface area contributed by atoms with Gasteiger partial charge in [-0.25, -0.2) is 4.39 Å². The van der Waals surface area contributed by atoms with Gasteiger partial charge in [-0.05, 0) is 61.8 Å². The molecule has 0 spiro atoms. The average molecular weight is 361 g/mol. The molecule has 1 N–H and O–H groups in total. The highest BCUT2D eigenvalue weighted by Gasteiger charge is 2.24. The van der Waals surface area contributed by atoms with Gasteiger partial charge in [0.1, 0.15) is 5.82 Å².